The van der Waals surface area contributed by atoms with Gasteiger partial charge in [0.1, 0.15) is 11.6 Å². The van der Waals surface area contributed by atoms with Crippen LogP contribution >= 0.6 is 11.6 Å². The van der Waals surface area contributed by atoms with Crippen LogP contribution in [0.15, 0.2) is 24.3 Å². The molecule has 1 aromatic rings. The molecule has 1 aromatic carbocycles. The van der Waals surface area contributed by atoms with Crippen LogP contribution in [0.5, 0.6) is 0 Å². The zero-order chi connectivity index (χ0) is 12.0. The van der Waals surface area contributed by atoms with Crippen molar-refractivity contribution < 1.29 is 9.59 Å². The average molecular weight is 249 g/mol. The summed E-state index contributed by atoms with van der Waals surface area (Å²) in [6.45, 7) is 0. The third kappa shape index (κ3) is 1.54. The number of rotatable bonds is 1. The van der Waals surface area contributed by atoms with Crippen molar-refractivity contribution in [1.82, 2.24) is 0 Å². The van der Waals surface area contributed by atoms with Crippen molar-refractivity contribution in [2.75, 3.05) is 0 Å². The van der Waals surface area contributed by atoms with E-state index >= 15 is 0 Å². The van der Waals surface area contributed by atoms with Crippen LogP contribution in [-0.4, -0.2) is 11.6 Å². The molecule has 0 amide bonds. The Morgan fingerprint density at radius 2 is 1.65 bits per heavy atom. The van der Waals surface area contributed by atoms with Crippen LogP contribution < -0.4 is 0 Å². The first kappa shape index (κ1) is 11.0. The van der Waals surface area contributed by atoms with E-state index in [1.54, 1.807) is 0 Å². The van der Waals surface area contributed by atoms with E-state index < -0.39 is 5.41 Å². The highest BCUT2D eigenvalue weighted by molar-refractivity contribution is 6.30. The molecule has 1 unspecified atom stereocenters. The van der Waals surface area contributed by atoms with Gasteiger partial charge in [-0.1, -0.05) is 23.7 Å². The minimum absolute atomic E-state index is 0.0973. The van der Waals surface area contributed by atoms with E-state index in [2.05, 4.69) is 0 Å². The van der Waals surface area contributed by atoms with Crippen LogP contribution in [0, 0.1) is 5.41 Å². The van der Waals surface area contributed by atoms with Crippen LogP contribution in [0.1, 0.15) is 37.2 Å². The molecule has 0 aromatic heterocycles. The van der Waals surface area contributed by atoms with Gasteiger partial charge in [0.2, 0.25) is 0 Å². The van der Waals surface area contributed by atoms with E-state index in [0.29, 0.717) is 24.3 Å². The molecule has 1 atom stereocenters. The summed E-state index contributed by atoms with van der Waals surface area (Å²) in [5.74, 6) is 0.391. The molecule has 88 valence electrons. The first-order chi connectivity index (χ1) is 8.14. The van der Waals surface area contributed by atoms with Crippen molar-refractivity contribution in [1.29, 1.82) is 0 Å². The van der Waals surface area contributed by atoms with Crippen molar-refractivity contribution in [2.45, 2.75) is 31.6 Å². The van der Waals surface area contributed by atoms with Crippen LogP contribution in [0.2, 0.25) is 5.02 Å². The van der Waals surface area contributed by atoms with E-state index in [0.717, 1.165) is 12.0 Å². The summed E-state index contributed by atoms with van der Waals surface area (Å²) in [5, 5.41) is 0.685. The summed E-state index contributed by atoms with van der Waals surface area (Å²) in [5.41, 5.74) is 0.407. The maximum Gasteiger partial charge on any atom is 0.147 e. The Hall–Kier alpha value is -1.15. The lowest BCUT2D eigenvalue weighted by atomic mass is 9.81. The molecule has 2 saturated carbocycles. The monoisotopic (exact) mass is 248 g/mol. The van der Waals surface area contributed by atoms with E-state index in [-0.39, 0.29) is 17.5 Å². The Labute approximate surface area is 105 Å². The minimum atomic E-state index is -0.661. The van der Waals surface area contributed by atoms with Crippen LogP contribution in [0.3, 0.4) is 0 Å². The second-order valence-electron chi connectivity index (χ2n) is 4.98. The predicted octanol–water partition coefficient (Wildman–Crippen LogP) is 3.14. The Kier molecular flexibility index (Phi) is 2.37. The van der Waals surface area contributed by atoms with E-state index in [4.69, 9.17) is 11.6 Å². The van der Waals surface area contributed by atoms with Gasteiger partial charge in [-0.2, -0.15) is 0 Å². The molecule has 2 nitrogen and oxygen atoms in total. The van der Waals surface area contributed by atoms with Crippen LogP contribution in [0.4, 0.5) is 0 Å². The number of carbonyl (C=O) groups excluding carboxylic acids is 2. The lowest BCUT2D eigenvalue weighted by Gasteiger charge is -2.20. The molecule has 0 bridgehead atoms. The molecule has 2 aliphatic rings. The number of hydrogen-bond acceptors (Lipinski definition) is 2. The van der Waals surface area contributed by atoms with Gasteiger partial charge in [-0.3, -0.25) is 9.59 Å². The number of ketones is 2. The summed E-state index contributed by atoms with van der Waals surface area (Å²) < 4.78 is 0. The fraction of sp³-hybridized carbons (Fsp3) is 0.429. The fourth-order valence-corrected chi connectivity index (χ4v) is 3.11. The van der Waals surface area contributed by atoms with Crippen LogP contribution in [0.25, 0.3) is 0 Å². The summed E-state index contributed by atoms with van der Waals surface area (Å²) >= 11 is 5.84. The molecule has 0 N–H and O–H groups in total. The van der Waals surface area contributed by atoms with E-state index in [9.17, 15) is 9.59 Å². The highest BCUT2D eigenvalue weighted by Gasteiger charge is 2.65. The first-order valence-corrected chi connectivity index (χ1v) is 6.34. The van der Waals surface area contributed by atoms with Crippen molar-refractivity contribution >= 4 is 23.2 Å². The fourth-order valence-electron chi connectivity index (χ4n) is 2.99. The van der Waals surface area contributed by atoms with Gasteiger partial charge in [0, 0.05) is 23.8 Å². The van der Waals surface area contributed by atoms with Crippen LogP contribution in [-0.2, 0) is 9.59 Å². The summed E-state index contributed by atoms with van der Waals surface area (Å²) in [4.78, 5) is 24.0. The summed E-state index contributed by atoms with van der Waals surface area (Å²) in [6.07, 6.45) is 2.56. The van der Waals surface area contributed by atoms with Crippen molar-refractivity contribution in [3.63, 3.8) is 0 Å². The van der Waals surface area contributed by atoms with Crippen molar-refractivity contribution in [2.24, 2.45) is 5.41 Å². The molecule has 0 aliphatic heterocycles. The topological polar surface area (TPSA) is 34.1 Å². The lowest BCUT2D eigenvalue weighted by Crippen LogP contribution is -2.31. The molecule has 1 spiro atoms. The molecule has 0 radical (unpaired) electrons. The van der Waals surface area contributed by atoms with E-state index in [1.807, 2.05) is 24.3 Å². The zero-order valence-corrected chi connectivity index (χ0v) is 10.2. The first-order valence-electron chi connectivity index (χ1n) is 5.96. The zero-order valence-electron chi connectivity index (χ0n) is 9.41. The quantitative estimate of drug-likeness (QED) is 0.716. The molecule has 17 heavy (non-hydrogen) atoms. The molecular weight excluding hydrogens is 236 g/mol. The Morgan fingerprint density at radius 1 is 1.06 bits per heavy atom. The largest absolute Gasteiger partial charge is 0.299 e. The third-order valence-electron chi connectivity index (χ3n) is 4.04. The molecule has 2 aliphatic carbocycles. The van der Waals surface area contributed by atoms with Crippen molar-refractivity contribution in [3.8, 4) is 0 Å². The number of carbonyl (C=O) groups is 2. The van der Waals surface area contributed by atoms with Gasteiger partial charge in [0.25, 0.3) is 0 Å². The summed E-state index contributed by atoms with van der Waals surface area (Å²) in [6, 6.07) is 7.50. The van der Waals surface area contributed by atoms with Gasteiger partial charge in [0.15, 0.2) is 0 Å². The highest BCUT2D eigenvalue weighted by atomic mass is 35.5. The standard InChI is InChI=1S/C14H13ClO2/c15-10-6-4-9(5-7-10)11-8-14(11)12(16)2-1-3-13(14)17/h4-7,11H,1-3,8H2. The number of halogens is 1. The van der Waals surface area contributed by atoms with Gasteiger partial charge >= 0.3 is 0 Å². The smallest absolute Gasteiger partial charge is 0.147 e. The predicted molar refractivity (Wildman–Crippen MR) is 65.1 cm³/mol. The number of hydrogen-bond donors (Lipinski definition) is 0. The lowest BCUT2D eigenvalue weighted by molar-refractivity contribution is -0.137. The Bertz CT molecular complexity index is 473. The maximum atomic E-state index is 12.0. The molecular formula is C14H13ClO2. The molecule has 0 saturated heterocycles. The molecule has 2 fully saturated rings. The third-order valence-corrected chi connectivity index (χ3v) is 4.29. The molecule has 3 heteroatoms. The maximum absolute atomic E-state index is 12.0. The number of benzene rings is 1. The SMILES string of the molecule is O=C1CCCC(=O)C12CC2c1ccc(Cl)cc1. The normalized spacial score (nSPS) is 26.3. The Balaban J connectivity index is 1.91. The molecule has 3 rings (SSSR count). The van der Waals surface area contributed by atoms with Gasteiger partial charge in [-0.15, -0.1) is 0 Å². The second-order valence-corrected chi connectivity index (χ2v) is 5.42. The number of Topliss-reactive ketones (excluding diaryl/α,β-unsaturated/α-hetero) is 2. The van der Waals surface area contributed by atoms with Gasteiger partial charge in [0.05, 0.1) is 5.41 Å². The highest BCUT2D eigenvalue weighted by Crippen LogP contribution is 2.63. The minimum Gasteiger partial charge on any atom is -0.299 e. The summed E-state index contributed by atoms with van der Waals surface area (Å²) in [7, 11) is 0. The average Bonchev–Trinajstić information content (AvgIpc) is 3.04. The van der Waals surface area contributed by atoms with Gasteiger partial charge < -0.3 is 0 Å². The molecule has 0 heterocycles. The second kappa shape index (κ2) is 3.67. The van der Waals surface area contributed by atoms with Gasteiger partial charge in [-0.05, 0) is 30.5 Å². The van der Waals surface area contributed by atoms with Crippen molar-refractivity contribution in [3.05, 3.63) is 34.9 Å². The van der Waals surface area contributed by atoms with E-state index in [1.165, 1.54) is 0 Å². The van der Waals surface area contributed by atoms with Gasteiger partial charge in [-0.25, -0.2) is 0 Å². The Morgan fingerprint density at radius 3 is 2.24 bits per heavy atom.